The standard InChI is InChI=1S/C19H24N4O4/c1-22(15-2-3-16(25)21-17(15)26)8-14-12(9-24)4-5-23(18(14)27)13-6-19(7-13)10-20-11-19/h4-5,9,13,15,20H,2-3,6-8,10-11H2,1H3,(H,21,25,26). The van der Waals surface area contributed by atoms with Gasteiger partial charge in [0, 0.05) is 49.4 Å². The van der Waals surface area contributed by atoms with E-state index >= 15 is 0 Å². The number of carbonyl (C=O) groups excluding carboxylic acids is 3. The van der Waals surface area contributed by atoms with Crippen molar-refractivity contribution in [2.24, 2.45) is 5.41 Å². The molecule has 2 aliphatic heterocycles. The highest BCUT2D eigenvalue weighted by Gasteiger charge is 2.49. The number of hydrogen-bond acceptors (Lipinski definition) is 6. The lowest BCUT2D eigenvalue weighted by Gasteiger charge is -2.54. The van der Waals surface area contributed by atoms with Gasteiger partial charge in [-0.3, -0.25) is 29.4 Å². The average Bonchev–Trinajstić information content (AvgIpc) is 2.55. The van der Waals surface area contributed by atoms with Gasteiger partial charge in [0.15, 0.2) is 6.29 Å². The number of nitrogens with one attached hydrogen (secondary N) is 2. The van der Waals surface area contributed by atoms with Crippen LogP contribution in [0.1, 0.15) is 47.6 Å². The largest absolute Gasteiger partial charge is 0.316 e. The molecule has 1 unspecified atom stereocenters. The fraction of sp³-hybridized carbons (Fsp3) is 0.579. The van der Waals surface area contributed by atoms with Gasteiger partial charge in [-0.1, -0.05) is 0 Å². The number of rotatable bonds is 5. The molecule has 8 heteroatoms. The van der Waals surface area contributed by atoms with Crippen molar-refractivity contribution in [1.29, 1.82) is 0 Å². The maximum Gasteiger partial charge on any atom is 0.256 e. The van der Waals surface area contributed by atoms with Gasteiger partial charge in [-0.15, -0.1) is 0 Å². The number of carbonyl (C=O) groups is 3. The smallest absolute Gasteiger partial charge is 0.256 e. The third-order valence-corrected chi connectivity index (χ3v) is 6.26. The summed E-state index contributed by atoms with van der Waals surface area (Å²) in [5.74, 6) is -0.624. The Morgan fingerprint density at radius 2 is 2.04 bits per heavy atom. The zero-order valence-electron chi connectivity index (χ0n) is 15.4. The fourth-order valence-electron chi connectivity index (χ4n) is 4.53. The van der Waals surface area contributed by atoms with Crippen molar-refractivity contribution in [3.63, 3.8) is 0 Å². The molecule has 0 radical (unpaired) electrons. The number of nitrogens with zero attached hydrogens (tertiary/aromatic N) is 2. The second kappa shape index (κ2) is 6.69. The molecule has 0 bridgehead atoms. The first kappa shape index (κ1) is 18.1. The van der Waals surface area contributed by atoms with Crippen molar-refractivity contribution in [1.82, 2.24) is 20.1 Å². The molecule has 8 nitrogen and oxygen atoms in total. The van der Waals surface area contributed by atoms with Gasteiger partial charge in [-0.05, 0) is 37.8 Å². The van der Waals surface area contributed by atoms with Crippen LogP contribution in [0.3, 0.4) is 0 Å². The summed E-state index contributed by atoms with van der Waals surface area (Å²) < 4.78 is 1.74. The Hall–Kier alpha value is -2.32. The number of hydrogen-bond donors (Lipinski definition) is 2. The molecule has 1 aliphatic carbocycles. The maximum atomic E-state index is 13.1. The van der Waals surface area contributed by atoms with Crippen LogP contribution in [-0.2, 0) is 16.1 Å². The summed E-state index contributed by atoms with van der Waals surface area (Å²) in [5.41, 5.74) is 0.949. The maximum absolute atomic E-state index is 13.1. The van der Waals surface area contributed by atoms with Gasteiger partial charge in [0.25, 0.3) is 5.56 Å². The highest BCUT2D eigenvalue weighted by Crippen LogP contribution is 2.50. The Labute approximate surface area is 156 Å². The molecule has 2 amide bonds. The highest BCUT2D eigenvalue weighted by atomic mass is 16.2. The second-order valence-corrected chi connectivity index (χ2v) is 8.13. The van der Waals surface area contributed by atoms with Crippen LogP contribution in [0.5, 0.6) is 0 Å². The zero-order valence-corrected chi connectivity index (χ0v) is 15.4. The highest BCUT2D eigenvalue weighted by molar-refractivity contribution is 6.00. The van der Waals surface area contributed by atoms with Gasteiger partial charge in [-0.2, -0.15) is 0 Å². The van der Waals surface area contributed by atoms with Gasteiger partial charge >= 0.3 is 0 Å². The second-order valence-electron chi connectivity index (χ2n) is 8.13. The van der Waals surface area contributed by atoms with Crippen molar-refractivity contribution in [3.05, 3.63) is 33.7 Å². The van der Waals surface area contributed by atoms with Crippen molar-refractivity contribution < 1.29 is 14.4 Å². The van der Waals surface area contributed by atoms with Crippen molar-refractivity contribution in [3.8, 4) is 0 Å². The van der Waals surface area contributed by atoms with E-state index in [1.54, 1.807) is 28.8 Å². The molecule has 1 saturated carbocycles. The third kappa shape index (κ3) is 3.12. The summed E-state index contributed by atoms with van der Waals surface area (Å²) in [6.07, 6.45) is 5.05. The van der Waals surface area contributed by atoms with Crippen LogP contribution in [-0.4, -0.2) is 53.7 Å². The monoisotopic (exact) mass is 372 g/mol. The molecular weight excluding hydrogens is 348 g/mol. The summed E-state index contributed by atoms with van der Waals surface area (Å²) in [4.78, 5) is 49.7. The van der Waals surface area contributed by atoms with Crippen LogP contribution < -0.4 is 16.2 Å². The Balaban J connectivity index is 1.55. The van der Waals surface area contributed by atoms with E-state index in [4.69, 9.17) is 0 Å². The topological polar surface area (TPSA) is 101 Å². The van der Waals surface area contributed by atoms with Crippen LogP contribution >= 0.6 is 0 Å². The summed E-state index contributed by atoms with van der Waals surface area (Å²) in [5, 5.41) is 5.62. The molecular formula is C19H24N4O4. The zero-order chi connectivity index (χ0) is 19.2. The number of imide groups is 1. The molecule has 2 N–H and O–H groups in total. The normalized spacial score (nSPS) is 24.4. The quantitative estimate of drug-likeness (QED) is 0.550. The average molecular weight is 372 g/mol. The molecule has 1 atom stereocenters. The molecule has 0 aromatic carbocycles. The number of amides is 2. The van der Waals surface area contributed by atoms with Crippen molar-refractivity contribution in [2.45, 2.75) is 44.3 Å². The Morgan fingerprint density at radius 1 is 1.30 bits per heavy atom. The summed E-state index contributed by atoms with van der Waals surface area (Å²) >= 11 is 0. The molecule has 3 heterocycles. The molecule has 1 spiro atoms. The van der Waals surface area contributed by atoms with E-state index in [1.165, 1.54) is 0 Å². The minimum absolute atomic E-state index is 0.161. The SMILES string of the molecule is CN(Cc1c(C=O)ccn(C2CC3(CNC3)C2)c1=O)C1CCC(=O)NC1=O. The minimum Gasteiger partial charge on any atom is -0.316 e. The number of likely N-dealkylation sites (N-methyl/N-ethyl adjacent to an activating group) is 1. The Morgan fingerprint density at radius 3 is 2.63 bits per heavy atom. The summed E-state index contributed by atoms with van der Waals surface area (Å²) in [6, 6.07) is 1.37. The fourth-order valence-corrected chi connectivity index (χ4v) is 4.53. The first-order valence-corrected chi connectivity index (χ1v) is 9.36. The summed E-state index contributed by atoms with van der Waals surface area (Å²) in [7, 11) is 1.74. The Kier molecular flexibility index (Phi) is 4.47. The van der Waals surface area contributed by atoms with Gasteiger partial charge in [0.05, 0.1) is 6.04 Å². The number of aromatic nitrogens is 1. The van der Waals surface area contributed by atoms with Crippen LogP contribution in [0.15, 0.2) is 17.1 Å². The van der Waals surface area contributed by atoms with Crippen LogP contribution in [0.2, 0.25) is 0 Å². The van der Waals surface area contributed by atoms with E-state index in [0.717, 1.165) is 25.9 Å². The number of piperidine rings is 1. The van der Waals surface area contributed by atoms with Gasteiger partial charge in [0.2, 0.25) is 11.8 Å². The van der Waals surface area contributed by atoms with Gasteiger partial charge < -0.3 is 9.88 Å². The van der Waals surface area contributed by atoms with E-state index < -0.39 is 6.04 Å². The third-order valence-electron chi connectivity index (χ3n) is 6.26. The first-order valence-electron chi connectivity index (χ1n) is 9.36. The van der Waals surface area contributed by atoms with Crippen LogP contribution in [0, 0.1) is 5.41 Å². The predicted molar refractivity (Wildman–Crippen MR) is 97.3 cm³/mol. The van der Waals surface area contributed by atoms with Crippen molar-refractivity contribution >= 4 is 18.1 Å². The molecule has 2 saturated heterocycles. The Bertz CT molecular complexity index is 850. The lowest BCUT2D eigenvalue weighted by molar-refractivity contribution is -0.137. The summed E-state index contributed by atoms with van der Waals surface area (Å²) in [6.45, 7) is 2.21. The van der Waals surface area contributed by atoms with Gasteiger partial charge in [0.1, 0.15) is 0 Å². The lowest BCUT2D eigenvalue weighted by atomic mass is 9.61. The minimum atomic E-state index is -0.483. The molecule has 1 aromatic heterocycles. The van der Waals surface area contributed by atoms with Crippen LogP contribution in [0.25, 0.3) is 0 Å². The van der Waals surface area contributed by atoms with E-state index in [9.17, 15) is 19.2 Å². The van der Waals surface area contributed by atoms with E-state index in [2.05, 4.69) is 10.6 Å². The molecule has 144 valence electrons. The van der Waals surface area contributed by atoms with E-state index in [0.29, 0.717) is 29.2 Å². The van der Waals surface area contributed by atoms with E-state index in [-0.39, 0.29) is 36.4 Å². The first-order chi connectivity index (χ1) is 12.9. The van der Waals surface area contributed by atoms with Crippen LogP contribution in [0.4, 0.5) is 0 Å². The number of aldehydes is 1. The number of pyridine rings is 1. The molecule has 3 aliphatic rings. The molecule has 1 aromatic rings. The molecule has 3 fully saturated rings. The molecule has 4 rings (SSSR count). The van der Waals surface area contributed by atoms with E-state index in [1.807, 2.05) is 0 Å². The lowest BCUT2D eigenvalue weighted by Crippen LogP contribution is -2.61. The predicted octanol–water partition coefficient (Wildman–Crippen LogP) is -0.178. The van der Waals surface area contributed by atoms with Crippen molar-refractivity contribution in [2.75, 3.05) is 20.1 Å². The molecule has 27 heavy (non-hydrogen) atoms. The van der Waals surface area contributed by atoms with Gasteiger partial charge in [-0.25, -0.2) is 0 Å².